The molecule has 2 aromatic rings. The third-order valence-electron chi connectivity index (χ3n) is 3.98. The summed E-state index contributed by atoms with van der Waals surface area (Å²) in [6.45, 7) is 0. The Bertz CT molecular complexity index is 761. The average Bonchev–Trinajstić information content (AvgIpc) is 2.64. The third kappa shape index (κ3) is 8.07. The molecule has 2 rings (SSSR count). The third-order valence-corrected chi connectivity index (χ3v) is 3.98. The topological polar surface area (TPSA) is 156 Å². The molecule has 2 atom stereocenters. The van der Waals surface area contributed by atoms with Gasteiger partial charge in [-0.05, 0) is 48.2 Å². The Morgan fingerprint density at radius 3 is 1.50 bits per heavy atom. The number of nitrogens with two attached hydrogens (primary N) is 3. The Morgan fingerprint density at radius 1 is 0.821 bits per heavy atom. The molecule has 0 aliphatic heterocycles. The first kappa shape index (κ1) is 22.9. The summed E-state index contributed by atoms with van der Waals surface area (Å²) in [5, 5.41) is 17.2. The molecule has 0 radical (unpaired) electrons. The van der Waals surface area contributed by atoms with Crippen molar-refractivity contribution in [1.29, 1.82) is 0 Å². The van der Waals surface area contributed by atoms with E-state index >= 15 is 0 Å². The Balaban J connectivity index is 0.000000283. The number of carbonyl (C=O) groups is 2. The van der Waals surface area contributed by atoms with Crippen molar-refractivity contribution < 1.29 is 19.8 Å². The number of aliphatic carboxylic acids is 2. The molecule has 28 heavy (non-hydrogen) atoms. The second-order valence-electron chi connectivity index (χ2n) is 6.60. The predicted octanol–water partition coefficient (Wildman–Crippen LogP) is 0.930. The highest BCUT2D eigenvalue weighted by Gasteiger charge is 2.12. The molecular formula is C20H28N4O4. The number of carboxylic acids is 2. The second-order valence-corrected chi connectivity index (χ2v) is 6.60. The zero-order chi connectivity index (χ0) is 21.3. The molecule has 0 spiro atoms. The summed E-state index contributed by atoms with van der Waals surface area (Å²) in [7, 11) is 3.91. The monoisotopic (exact) mass is 388 g/mol. The van der Waals surface area contributed by atoms with E-state index in [0.717, 1.165) is 16.8 Å². The maximum atomic E-state index is 10.5. The van der Waals surface area contributed by atoms with Gasteiger partial charge in [-0.15, -0.1) is 0 Å². The van der Waals surface area contributed by atoms with Gasteiger partial charge in [0, 0.05) is 25.5 Å². The number of nitrogens with zero attached hydrogens (tertiary/aromatic N) is 1. The normalized spacial score (nSPS) is 12.3. The van der Waals surface area contributed by atoms with Crippen molar-refractivity contribution in [1.82, 2.24) is 0 Å². The molecule has 0 heterocycles. The summed E-state index contributed by atoms with van der Waals surface area (Å²) in [5.74, 6) is -1.96. The van der Waals surface area contributed by atoms with Gasteiger partial charge >= 0.3 is 11.9 Å². The highest BCUT2D eigenvalue weighted by Crippen LogP contribution is 2.13. The molecular weight excluding hydrogens is 360 g/mol. The lowest BCUT2D eigenvalue weighted by Gasteiger charge is -2.13. The van der Waals surface area contributed by atoms with Crippen LogP contribution in [0, 0.1) is 0 Å². The van der Waals surface area contributed by atoms with Crippen LogP contribution in [0.1, 0.15) is 11.1 Å². The van der Waals surface area contributed by atoms with E-state index in [1.165, 1.54) is 0 Å². The predicted molar refractivity (Wildman–Crippen MR) is 110 cm³/mol. The summed E-state index contributed by atoms with van der Waals surface area (Å²) in [4.78, 5) is 23.0. The Morgan fingerprint density at radius 2 is 1.18 bits per heavy atom. The quantitative estimate of drug-likeness (QED) is 0.439. The molecule has 8 N–H and O–H groups in total. The van der Waals surface area contributed by atoms with Crippen LogP contribution in [-0.4, -0.2) is 48.3 Å². The minimum Gasteiger partial charge on any atom is -0.480 e. The van der Waals surface area contributed by atoms with Gasteiger partial charge in [-0.2, -0.15) is 0 Å². The number of hydrogen-bond donors (Lipinski definition) is 5. The van der Waals surface area contributed by atoms with Crippen LogP contribution < -0.4 is 22.1 Å². The smallest absolute Gasteiger partial charge is 0.320 e. The molecule has 0 saturated carbocycles. The Hall–Kier alpha value is -3.10. The molecule has 0 unspecified atom stereocenters. The molecule has 0 fully saturated rings. The molecule has 0 amide bonds. The molecule has 8 nitrogen and oxygen atoms in total. The molecule has 0 bridgehead atoms. The number of hydrogen-bond acceptors (Lipinski definition) is 6. The van der Waals surface area contributed by atoms with Gasteiger partial charge in [0.1, 0.15) is 12.1 Å². The maximum absolute atomic E-state index is 10.5. The van der Waals surface area contributed by atoms with Crippen LogP contribution in [0.5, 0.6) is 0 Å². The van der Waals surface area contributed by atoms with Gasteiger partial charge in [-0.25, -0.2) is 0 Å². The van der Waals surface area contributed by atoms with Gasteiger partial charge in [-0.3, -0.25) is 9.59 Å². The van der Waals surface area contributed by atoms with E-state index in [1.54, 1.807) is 24.3 Å². The van der Waals surface area contributed by atoms with Crippen molar-refractivity contribution in [2.24, 2.45) is 11.5 Å². The zero-order valence-corrected chi connectivity index (χ0v) is 16.1. The lowest BCUT2D eigenvalue weighted by atomic mass is 10.1. The van der Waals surface area contributed by atoms with Gasteiger partial charge in [-0.1, -0.05) is 24.3 Å². The van der Waals surface area contributed by atoms with Crippen LogP contribution in [0.4, 0.5) is 11.4 Å². The summed E-state index contributed by atoms with van der Waals surface area (Å²) >= 11 is 0. The van der Waals surface area contributed by atoms with E-state index in [4.69, 9.17) is 27.4 Å². The summed E-state index contributed by atoms with van der Waals surface area (Å²) in [6, 6.07) is 13.0. The van der Waals surface area contributed by atoms with Crippen LogP contribution in [0.2, 0.25) is 0 Å². The van der Waals surface area contributed by atoms with Crippen LogP contribution >= 0.6 is 0 Å². The number of benzene rings is 2. The van der Waals surface area contributed by atoms with Crippen molar-refractivity contribution in [2.75, 3.05) is 24.7 Å². The van der Waals surface area contributed by atoms with E-state index in [2.05, 4.69) is 0 Å². The first-order valence-corrected chi connectivity index (χ1v) is 8.67. The number of carboxylic acid groups (broad SMARTS) is 2. The molecule has 8 heteroatoms. The van der Waals surface area contributed by atoms with Crippen molar-refractivity contribution >= 4 is 23.3 Å². The van der Waals surface area contributed by atoms with Crippen molar-refractivity contribution in [3.63, 3.8) is 0 Å². The van der Waals surface area contributed by atoms with Gasteiger partial charge in [0.25, 0.3) is 0 Å². The van der Waals surface area contributed by atoms with Crippen LogP contribution in [0.25, 0.3) is 0 Å². The van der Waals surface area contributed by atoms with E-state index in [9.17, 15) is 9.59 Å². The SMILES string of the molecule is CN(C)c1ccc(C[C@H](N)C(=O)O)cc1.Nc1ccc(C[C@H](N)C(=O)O)cc1. The highest BCUT2D eigenvalue weighted by molar-refractivity contribution is 5.74. The zero-order valence-electron chi connectivity index (χ0n) is 16.1. The second kappa shape index (κ2) is 10.9. The summed E-state index contributed by atoms with van der Waals surface area (Å²) in [5.41, 5.74) is 19.8. The van der Waals surface area contributed by atoms with Gasteiger partial charge in [0.2, 0.25) is 0 Å². The van der Waals surface area contributed by atoms with Crippen LogP contribution in [0.3, 0.4) is 0 Å². The lowest BCUT2D eigenvalue weighted by molar-refractivity contribution is -0.139. The number of rotatable bonds is 7. The minimum absolute atomic E-state index is 0.329. The van der Waals surface area contributed by atoms with Crippen molar-refractivity contribution in [3.05, 3.63) is 59.7 Å². The minimum atomic E-state index is -0.989. The van der Waals surface area contributed by atoms with Gasteiger partial charge in [0.05, 0.1) is 0 Å². The van der Waals surface area contributed by atoms with Crippen molar-refractivity contribution in [3.8, 4) is 0 Å². The van der Waals surface area contributed by atoms with Gasteiger partial charge < -0.3 is 32.3 Å². The van der Waals surface area contributed by atoms with Crippen molar-refractivity contribution in [2.45, 2.75) is 24.9 Å². The molecule has 2 aromatic carbocycles. The van der Waals surface area contributed by atoms with Gasteiger partial charge in [0.15, 0.2) is 0 Å². The van der Waals surface area contributed by atoms with E-state index in [-0.39, 0.29) is 0 Å². The Labute approximate surface area is 164 Å². The maximum Gasteiger partial charge on any atom is 0.320 e. The summed E-state index contributed by atoms with van der Waals surface area (Å²) in [6.07, 6.45) is 0.693. The lowest BCUT2D eigenvalue weighted by Crippen LogP contribution is -2.32. The van der Waals surface area contributed by atoms with E-state index < -0.39 is 24.0 Å². The largest absolute Gasteiger partial charge is 0.480 e. The molecule has 0 aliphatic rings. The molecule has 0 saturated heterocycles. The fourth-order valence-electron chi connectivity index (χ4n) is 2.27. The fraction of sp³-hybridized carbons (Fsp3) is 0.300. The first-order valence-electron chi connectivity index (χ1n) is 8.67. The average molecular weight is 388 g/mol. The van der Waals surface area contributed by atoms with Crippen LogP contribution in [0.15, 0.2) is 48.5 Å². The molecule has 152 valence electrons. The number of anilines is 2. The number of nitrogen functional groups attached to an aromatic ring is 1. The Kier molecular flexibility index (Phi) is 8.94. The highest BCUT2D eigenvalue weighted by atomic mass is 16.4. The van der Waals surface area contributed by atoms with Crippen LogP contribution in [-0.2, 0) is 22.4 Å². The first-order chi connectivity index (χ1) is 13.1. The van der Waals surface area contributed by atoms with E-state index in [0.29, 0.717) is 18.5 Å². The summed E-state index contributed by atoms with van der Waals surface area (Å²) < 4.78 is 0. The van der Waals surface area contributed by atoms with E-state index in [1.807, 2.05) is 43.3 Å². The fourth-order valence-corrected chi connectivity index (χ4v) is 2.27. The molecule has 0 aromatic heterocycles. The standard InChI is InChI=1S/C11H16N2O2.C9H12N2O2/c1-13(2)9-5-3-8(4-6-9)7-10(12)11(14)15;10-7-3-1-6(2-4-7)5-8(11)9(12)13/h3-6,10H,7,12H2,1-2H3,(H,14,15);1-4,8H,5,10-11H2,(H,12,13)/t10-;8-/m00/s1. The molecule has 0 aliphatic carbocycles.